The topological polar surface area (TPSA) is 69.6 Å². The zero-order valence-electron chi connectivity index (χ0n) is 11.6. The van der Waals surface area contributed by atoms with Crippen molar-refractivity contribution in [2.24, 2.45) is 5.92 Å². The zero-order chi connectivity index (χ0) is 14.5. The van der Waals surface area contributed by atoms with Crippen LogP contribution < -0.4 is 5.32 Å². The number of carboxylic acid groups (broad SMARTS) is 1. The number of nitrogens with one attached hydrogen (secondary N) is 1. The van der Waals surface area contributed by atoms with E-state index >= 15 is 0 Å². The van der Waals surface area contributed by atoms with Crippen LogP contribution in [0.25, 0.3) is 0 Å². The van der Waals surface area contributed by atoms with Gasteiger partial charge in [0.1, 0.15) is 0 Å². The number of carboxylic acids is 1. The minimum atomic E-state index is -0.876. The molecule has 1 aliphatic rings. The van der Waals surface area contributed by atoms with Crippen molar-refractivity contribution in [2.45, 2.75) is 26.2 Å². The number of urea groups is 1. The maximum Gasteiger partial charge on any atom is 0.321 e. The molecule has 0 saturated carbocycles. The first-order valence-electron chi connectivity index (χ1n) is 6.95. The number of benzene rings is 1. The van der Waals surface area contributed by atoms with Crippen molar-refractivity contribution >= 4 is 17.7 Å². The summed E-state index contributed by atoms with van der Waals surface area (Å²) in [5, 5.41) is 11.6. The number of nitrogens with zero attached hydrogens (tertiary/aromatic N) is 1. The Morgan fingerprint density at radius 3 is 2.90 bits per heavy atom. The first-order chi connectivity index (χ1) is 9.58. The molecule has 1 saturated heterocycles. The Bertz CT molecular complexity index is 502. The SMILES string of the molecule is CCC1CCN(C(=O)Nc2cccc(CC(=O)O)c2)C1. The van der Waals surface area contributed by atoms with E-state index in [1.54, 1.807) is 24.3 Å². The van der Waals surface area contributed by atoms with E-state index in [4.69, 9.17) is 5.11 Å². The highest BCUT2D eigenvalue weighted by atomic mass is 16.4. The molecule has 1 atom stereocenters. The summed E-state index contributed by atoms with van der Waals surface area (Å²) in [4.78, 5) is 24.6. The number of anilines is 1. The molecule has 5 nitrogen and oxygen atoms in total. The number of amides is 2. The third-order valence-electron chi connectivity index (χ3n) is 3.68. The molecule has 5 heteroatoms. The first-order valence-corrected chi connectivity index (χ1v) is 6.95. The third-order valence-corrected chi connectivity index (χ3v) is 3.68. The fourth-order valence-corrected chi connectivity index (χ4v) is 2.49. The van der Waals surface area contributed by atoms with E-state index in [0.29, 0.717) is 17.2 Å². The summed E-state index contributed by atoms with van der Waals surface area (Å²) in [5.41, 5.74) is 1.33. The predicted molar refractivity (Wildman–Crippen MR) is 76.8 cm³/mol. The van der Waals surface area contributed by atoms with Crippen LogP contribution in [0.15, 0.2) is 24.3 Å². The molecule has 2 rings (SSSR count). The van der Waals surface area contributed by atoms with Gasteiger partial charge in [0.2, 0.25) is 0 Å². The fourth-order valence-electron chi connectivity index (χ4n) is 2.49. The Morgan fingerprint density at radius 2 is 2.25 bits per heavy atom. The van der Waals surface area contributed by atoms with E-state index in [2.05, 4.69) is 12.2 Å². The minimum absolute atomic E-state index is 0.0364. The van der Waals surface area contributed by atoms with Crippen LogP contribution in [0.5, 0.6) is 0 Å². The van der Waals surface area contributed by atoms with Gasteiger partial charge in [-0.15, -0.1) is 0 Å². The quantitative estimate of drug-likeness (QED) is 0.888. The van der Waals surface area contributed by atoms with Crippen LogP contribution >= 0.6 is 0 Å². The second kappa shape index (κ2) is 6.41. The molecule has 0 radical (unpaired) electrons. The second-order valence-electron chi connectivity index (χ2n) is 5.21. The summed E-state index contributed by atoms with van der Waals surface area (Å²) in [7, 11) is 0. The number of hydrogen-bond donors (Lipinski definition) is 2. The van der Waals surface area contributed by atoms with Crippen molar-refractivity contribution in [3.05, 3.63) is 29.8 Å². The number of likely N-dealkylation sites (tertiary alicyclic amines) is 1. The van der Waals surface area contributed by atoms with Crippen molar-refractivity contribution in [2.75, 3.05) is 18.4 Å². The smallest absolute Gasteiger partial charge is 0.321 e. The average molecular weight is 276 g/mol. The van der Waals surface area contributed by atoms with Crippen molar-refractivity contribution < 1.29 is 14.7 Å². The molecule has 20 heavy (non-hydrogen) atoms. The maximum atomic E-state index is 12.1. The van der Waals surface area contributed by atoms with Gasteiger partial charge < -0.3 is 15.3 Å². The van der Waals surface area contributed by atoms with Crippen LogP contribution in [0.3, 0.4) is 0 Å². The molecule has 0 bridgehead atoms. The van der Waals surface area contributed by atoms with Crippen LogP contribution in [0, 0.1) is 5.92 Å². The molecule has 0 spiro atoms. The van der Waals surface area contributed by atoms with Gasteiger partial charge in [0.05, 0.1) is 6.42 Å². The number of rotatable bonds is 4. The Morgan fingerprint density at radius 1 is 1.45 bits per heavy atom. The van der Waals surface area contributed by atoms with Crippen molar-refractivity contribution in [3.8, 4) is 0 Å². The molecular formula is C15H20N2O3. The molecule has 0 aromatic heterocycles. The van der Waals surface area contributed by atoms with Crippen molar-refractivity contribution in [3.63, 3.8) is 0 Å². The summed E-state index contributed by atoms with van der Waals surface area (Å²) in [6.07, 6.45) is 2.12. The highest BCUT2D eigenvalue weighted by molar-refractivity contribution is 5.89. The monoisotopic (exact) mass is 276 g/mol. The lowest BCUT2D eigenvalue weighted by molar-refractivity contribution is -0.136. The van der Waals surface area contributed by atoms with Gasteiger partial charge in [-0.05, 0) is 30.0 Å². The number of hydrogen-bond acceptors (Lipinski definition) is 2. The highest BCUT2D eigenvalue weighted by Crippen LogP contribution is 2.20. The molecule has 2 amide bonds. The number of carbonyl (C=O) groups is 2. The number of carbonyl (C=O) groups excluding carboxylic acids is 1. The van der Waals surface area contributed by atoms with Gasteiger partial charge in [0.25, 0.3) is 0 Å². The van der Waals surface area contributed by atoms with Crippen LogP contribution in [0.1, 0.15) is 25.3 Å². The Balaban J connectivity index is 1.96. The molecule has 2 N–H and O–H groups in total. The summed E-state index contributed by atoms with van der Waals surface area (Å²) < 4.78 is 0. The van der Waals surface area contributed by atoms with E-state index in [9.17, 15) is 9.59 Å². The van der Waals surface area contributed by atoms with E-state index in [0.717, 1.165) is 25.9 Å². The normalized spacial score (nSPS) is 18.1. The molecule has 1 aromatic rings. The van der Waals surface area contributed by atoms with E-state index in [1.807, 2.05) is 4.90 Å². The lowest BCUT2D eigenvalue weighted by Gasteiger charge is -2.17. The summed E-state index contributed by atoms with van der Waals surface area (Å²) in [5.74, 6) is -0.280. The average Bonchev–Trinajstić information content (AvgIpc) is 2.87. The number of aliphatic carboxylic acids is 1. The first kappa shape index (κ1) is 14.4. The molecule has 1 aliphatic heterocycles. The van der Waals surface area contributed by atoms with Gasteiger partial charge in [-0.1, -0.05) is 25.5 Å². The standard InChI is InChI=1S/C15H20N2O3/c1-2-11-6-7-17(10-11)15(20)16-13-5-3-4-12(8-13)9-14(18)19/h3-5,8,11H,2,6-7,9-10H2,1H3,(H,16,20)(H,18,19). The Kier molecular flexibility index (Phi) is 4.61. The fraction of sp³-hybridized carbons (Fsp3) is 0.467. The predicted octanol–water partition coefficient (Wildman–Crippen LogP) is 2.58. The van der Waals surface area contributed by atoms with E-state index in [1.165, 1.54) is 0 Å². The maximum absolute atomic E-state index is 12.1. The molecule has 108 valence electrons. The highest BCUT2D eigenvalue weighted by Gasteiger charge is 2.24. The van der Waals surface area contributed by atoms with Crippen molar-refractivity contribution in [1.29, 1.82) is 0 Å². The van der Waals surface area contributed by atoms with Gasteiger partial charge in [-0.3, -0.25) is 4.79 Å². The molecular weight excluding hydrogens is 256 g/mol. The third kappa shape index (κ3) is 3.73. The van der Waals surface area contributed by atoms with E-state index < -0.39 is 5.97 Å². The molecule has 1 heterocycles. The summed E-state index contributed by atoms with van der Waals surface area (Å²) in [6.45, 7) is 3.73. The second-order valence-corrected chi connectivity index (χ2v) is 5.21. The van der Waals surface area contributed by atoms with Crippen LogP contribution in [-0.2, 0) is 11.2 Å². The Labute approximate surface area is 118 Å². The minimum Gasteiger partial charge on any atom is -0.481 e. The van der Waals surface area contributed by atoms with Crippen LogP contribution in [-0.4, -0.2) is 35.1 Å². The zero-order valence-corrected chi connectivity index (χ0v) is 11.6. The van der Waals surface area contributed by atoms with Gasteiger partial charge >= 0.3 is 12.0 Å². The Hall–Kier alpha value is -2.04. The summed E-state index contributed by atoms with van der Waals surface area (Å²) in [6, 6.07) is 6.88. The molecule has 1 aromatic carbocycles. The van der Waals surface area contributed by atoms with Gasteiger partial charge in [0.15, 0.2) is 0 Å². The molecule has 0 aliphatic carbocycles. The summed E-state index contributed by atoms with van der Waals surface area (Å²) >= 11 is 0. The van der Waals surface area contributed by atoms with Crippen LogP contribution in [0.4, 0.5) is 10.5 Å². The molecule has 1 unspecified atom stereocenters. The van der Waals surface area contributed by atoms with Gasteiger partial charge in [-0.2, -0.15) is 0 Å². The van der Waals surface area contributed by atoms with Crippen molar-refractivity contribution in [1.82, 2.24) is 4.90 Å². The largest absolute Gasteiger partial charge is 0.481 e. The van der Waals surface area contributed by atoms with Crippen LogP contribution in [0.2, 0.25) is 0 Å². The molecule has 1 fully saturated rings. The lowest BCUT2D eigenvalue weighted by atomic mass is 10.1. The van der Waals surface area contributed by atoms with Gasteiger partial charge in [-0.25, -0.2) is 4.79 Å². The van der Waals surface area contributed by atoms with Gasteiger partial charge in [0, 0.05) is 18.8 Å². The lowest BCUT2D eigenvalue weighted by Crippen LogP contribution is -2.32. The van der Waals surface area contributed by atoms with E-state index in [-0.39, 0.29) is 12.5 Å².